The fourth-order valence-electron chi connectivity index (χ4n) is 2.80. The number of hydrogen-bond donors (Lipinski definition) is 1. The molecule has 1 fully saturated rings. The van der Waals surface area contributed by atoms with Gasteiger partial charge >= 0.3 is 0 Å². The van der Waals surface area contributed by atoms with Crippen molar-refractivity contribution in [3.8, 4) is 11.5 Å². The molecule has 0 aliphatic heterocycles. The Morgan fingerprint density at radius 3 is 2.41 bits per heavy atom. The first kappa shape index (κ1) is 16.4. The molecule has 0 heterocycles. The van der Waals surface area contributed by atoms with Gasteiger partial charge in [0.1, 0.15) is 0 Å². The lowest BCUT2D eigenvalue weighted by Crippen LogP contribution is -2.33. The topological polar surface area (TPSA) is 47.6 Å². The largest absolute Gasteiger partial charge is 0.493 e. The summed E-state index contributed by atoms with van der Waals surface area (Å²) in [4.78, 5) is 12.0. The predicted molar refractivity (Wildman–Crippen MR) is 88.2 cm³/mol. The number of hydrogen-bond acceptors (Lipinski definition) is 3. The highest BCUT2D eigenvalue weighted by atomic mass is 16.5. The molecule has 4 nitrogen and oxygen atoms in total. The van der Waals surface area contributed by atoms with Crippen molar-refractivity contribution in [3.63, 3.8) is 0 Å². The summed E-state index contributed by atoms with van der Waals surface area (Å²) in [7, 11) is 3.21. The Morgan fingerprint density at radius 2 is 1.77 bits per heavy atom. The molecule has 0 atom stereocenters. The first-order valence-electron chi connectivity index (χ1n) is 7.93. The SMILES string of the molecule is COc1ccc(/C=C/C(=O)NC2CCCCCC2)cc1OC. The summed E-state index contributed by atoms with van der Waals surface area (Å²) >= 11 is 0. The number of carbonyl (C=O) groups excluding carboxylic acids is 1. The molecule has 1 amide bonds. The van der Waals surface area contributed by atoms with E-state index in [2.05, 4.69) is 5.32 Å². The number of benzene rings is 1. The van der Waals surface area contributed by atoms with Crippen LogP contribution in [0, 0.1) is 0 Å². The van der Waals surface area contributed by atoms with Crippen molar-refractivity contribution in [2.24, 2.45) is 0 Å². The van der Waals surface area contributed by atoms with E-state index in [9.17, 15) is 4.79 Å². The maximum atomic E-state index is 12.0. The summed E-state index contributed by atoms with van der Waals surface area (Å²) in [6, 6.07) is 5.91. The Hall–Kier alpha value is -1.97. The maximum Gasteiger partial charge on any atom is 0.244 e. The lowest BCUT2D eigenvalue weighted by Gasteiger charge is -2.14. The van der Waals surface area contributed by atoms with Crippen LogP contribution in [0.5, 0.6) is 11.5 Å². The smallest absolute Gasteiger partial charge is 0.244 e. The molecule has 1 aromatic rings. The van der Waals surface area contributed by atoms with Gasteiger partial charge in [0.25, 0.3) is 0 Å². The first-order chi connectivity index (χ1) is 10.7. The molecule has 0 unspecified atom stereocenters. The van der Waals surface area contributed by atoms with Crippen molar-refractivity contribution in [1.82, 2.24) is 5.32 Å². The molecule has 2 rings (SSSR count). The highest BCUT2D eigenvalue weighted by Crippen LogP contribution is 2.27. The second-order valence-electron chi connectivity index (χ2n) is 5.64. The number of rotatable bonds is 5. The Labute approximate surface area is 132 Å². The van der Waals surface area contributed by atoms with E-state index >= 15 is 0 Å². The average molecular weight is 303 g/mol. The Kier molecular flexibility index (Phi) is 6.31. The Bertz CT molecular complexity index is 517. The van der Waals surface area contributed by atoms with Crippen LogP contribution in [0.1, 0.15) is 44.1 Å². The lowest BCUT2D eigenvalue weighted by atomic mass is 10.1. The molecular weight excluding hydrogens is 278 g/mol. The van der Waals surface area contributed by atoms with Gasteiger partial charge in [0.05, 0.1) is 14.2 Å². The summed E-state index contributed by atoms with van der Waals surface area (Å²) in [5.41, 5.74) is 0.911. The standard InChI is InChI=1S/C18H25NO3/c1-21-16-11-9-14(13-17(16)22-2)10-12-18(20)19-15-7-5-3-4-6-8-15/h9-13,15H,3-8H2,1-2H3,(H,19,20)/b12-10+. The molecule has 1 aliphatic carbocycles. The van der Waals surface area contributed by atoms with E-state index in [1.165, 1.54) is 25.7 Å². The van der Waals surface area contributed by atoms with E-state index in [0.717, 1.165) is 18.4 Å². The van der Waals surface area contributed by atoms with E-state index < -0.39 is 0 Å². The Morgan fingerprint density at radius 1 is 1.09 bits per heavy atom. The minimum Gasteiger partial charge on any atom is -0.493 e. The van der Waals surface area contributed by atoms with Crippen molar-refractivity contribution < 1.29 is 14.3 Å². The molecule has 0 radical (unpaired) electrons. The van der Waals surface area contributed by atoms with Gasteiger partial charge in [0.15, 0.2) is 11.5 Å². The third-order valence-electron chi connectivity index (χ3n) is 4.04. The summed E-state index contributed by atoms with van der Waals surface area (Å²) in [6.45, 7) is 0. The van der Waals surface area contributed by atoms with Crippen molar-refractivity contribution in [2.45, 2.75) is 44.6 Å². The van der Waals surface area contributed by atoms with Gasteiger partial charge in [-0.1, -0.05) is 31.7 Å². The van der Waals surface area contributed by atoms with Crippen LogP contribution < -0.4 is 14.8 Å². The van der Waals surface area contributed by atoms with Crippen molar-refractivity contribution in [1.29, 1.82) is 0 Å². The van der Waals surface area contributed by atoms with Gasteiger partial charge in [-0.15, -0.1) is 0 Å². The summed E-state index contributed by atoms with van der Waals surface area (Å²) in [5.74, 6) is 1.32. The molecule has 0 aromatic heterocycles. The Balaban J connectivity index is 1.94. The maximum absolute atomic E-state index is 12.0. The van der Waals surface area contributed by atoms with Crippen LogP contribution in [0.4, 0.5) is 0 Å². The summed E-state index contributed by atoms with van der Waals surface area (Å²) in [5, 5.41) is 3.10. The number of amides is 1. The second-order valence-corrected chi connectivity index (χ2v) is 5.64. The van der Waals surface area contributed by atoms with Gasteiger partial charge in [-0.25, -0.2) is 0 Å². The molecule has 1 N–H and O–H groups in total. The highest BCUT2D eigenvalue weighted by Gasteiger charge is 2.13. The quantitative estimate of drug-likeness (QED) is 0.668. The van der Waals surface area contributed by atoms with E-state index in [0.29, 0.717) is 17.5 Å². The predicted octanol–water partition coefficient (Wildman–Crippen LogP) is 3.56. The summed E-state index contributed by atoms with van der Waals surface area (Å²) < 4.78 is 10.5. The molecule has 1 aromatic carbocycles. The van der Waals surface area contributed by atoms with Crippen molar-refractivity contribution in [2.75, 3.05) is 14.2 Å². The van der Waals surface area contributed by atoms with E-state index in [1.807, 2.05) is 18.2 Å². The molecule has 1 saturated carbocycles. The summed E-state index contributed by atoms with van der Waals surface area (Å²) in [6.07, 6.45) is 10.6. The first-order valence-corrected chi connectivity index (χ1v) is 7.93. The van der Waals surface area contributed by atoms with Crippen LogP contribution >= 0.6 is 0 Å². The van der Waals surface area contributed by atoms with Crippen LogP contribution in [-0.2, 0) is 4.79 Å². The molecule has 1 aliphatic rings. The minimum absolute atomic E-state index is 0.0262. The van der Waals surface area contributed by atoms with Gasteiger partial charge in [-0.2, -0.15) is 0 Å². The van der Waals surface area contributed by atoms with Gasteiger partial charge in [0.2, 0.25) is 5.91 Å². The zero-order chi connectivity index (χ0) is 15.8. The number of ether oxygens (including phenoxy) is 2. The fraction of sp³-hybridized carbons (Fsp3) is 0.500. The molecule has 0 saturated heterocycles. The average Bonchev–Trinajstić information content (AvgIpc) is 2.81. The van der Waals surface area contributed by atoms with Crippen LogP contribution in [0.2, 0.25) is 0 Å². The number of methoxy groups -OCH3 is 2. The van der Waals surface area contributed by atoms with Crippen LogP contribution in [-0.4, -0.2) is 26.2 Å². The molecule has 0 spiro atoms. The number of carbonyl (C=O) groups is 1. The second kappa shape index (κ2) is 8.47. The van der Waals surface area contributed by atoms with Gasteiger partial charge < -0.3 is 14.8 Å². The van der Waals surface area contributed by atoms with Gasteiger partial charge in [-0.3, -0.25) is 4.79 Å². The molecule has 22 heavy (non-hydrogen) atoms. The van der Waals surface area contributed by atoms with Crippen LogP contribution in [0.25, 0.3) is 6.08 Å². The zero-order valence-corrected chi connectivity index (χ0v) is 13.4. The highest BCUT2D eigenvalue weighted by molar-refractivity contribution is 5.92. The van der Waals surface area contributed by atoms with Crippen molar-refractivity contribution in [3.05, 3.63) is 29.8 Å². The molecule has 0 bridgehead atoms. The molecule has 120 valence electrons. The van der Waals surface area contributed by atoms with Gasteiger partial charge in [-0.05, 0) is 36.6 Å². The molecule has 4 heteroatoms. The monoisotopic (exact) mass is 303 g/mol. The third kappa shape index (κ3) is 4.79. The zero-order valence-electron chi connectivity index (χ0n) is 13.4. The van der Waals surface area contributed by atoms with E-state index in [4.69, 9.17) is 9.47 Å². The van der Waals surface area contributed by atoms with Crippen molar-refractivity contribution >= 4 is 12.0 Å². The van der Waals surface area contributed by atoms with E-state index in [1.54, 1.807) is 26.4 Å². The lowest BCUT2D eigenvalue weighted by molar-refractivity contribution is -0.117. The normalized spacial score (nSPS) is 16.3. The van der Waals surface area contributed by atoms with Crippen LogP contribution in [0.3, 0.4) is 0 Å². The fourth-order valence-corrected chi connectivity index (χ4v) is 2.80. The van der Waals surface area contributed by atoms with Gasteiger partial charge in [0, 0.05) is 12.1 Å². The molecular formula is C18H25NO3. The van der Waals surface area contributed by atoms with Crippen LogP contribution in [0.15, 0.2) is 24.3 Å². The third-order valence-corrected chi connectivity index (χ3v) is 4.04. The van der Waals surface area contributed by atoms with E-state index in [-0.39, 0.29) is 5.91 Å². The minimum atomic E-state index is -0.0262. The number of nitrogens with one attached hydrogen (secondary N) is 1.